The average molecular weight is 239 g/mol. The van der Waals surface area contributed by atoms with E-state index in [1.165, 1.54) is 19.1 Å². The molecule has 0 radical (unpaired) electrons. The van der Waals surface area contributed by atoms with Crippen LogP contribution in [0.15, 0.2) is 12.1 Å². The summed E-state index contributed by atoms with van der Waals surface area (Å²) < 4.78 is 0. The van der Waals surface area contributed by atoms with E-state index < -0.39 is 16.9 Å². The van der Waals surface area contributed by atoms with E-state index in [-0.39, 0.29) is 11.4 Å². The predicted molar refractivity (Wildman–Crippen MR) is 61.0 cm³/mol. The van der Waals surface area contributed by atoms with Crippen molar-refractivity contribution in [3.8, 4) is 0 Å². The SMILES string of the molecule is CCC(Nc1ccc([N+](=O)[O-])c(C)n1)C(=O)O. The standard InChI is InChI=1S/C10H13N3O4/c1-3-7(10(14)15)12-9-5-4-8(13(16)17)6(2)11-9/h4-5,7H,3H2,1-2H3,(H,11,12)(H,14,15). The molecule has 0 fully saturated rings. The maximum atomic E-state index is 10.8. The number of hydrogen-bond donors (Lipinski definition) is 2. The van der Waals surface area contributed by atoms with Crippen LogP contribution in [0.3, 0.4) is 0 Å². The molecule has 0 aliphatic carbocycles. The Balaban J connectivity index is 2.90. The molecule has 7 heteroatoms. The Bertz CT molecular complexity index is 447. The van der Waals surface area contributed by atoms with E-state index in [0.717, 1.165) is 0 Å². The van der Waals surface area contributed by atoms with Crippen molar-refractivity contribution in [2.75, 3.05) is 5.32 Å². The first kappa shape index (κ1) is 12.9. The quantitative estimate of drug-likeness (QED) is 0.596. The van der Waals surface area contributed by atoms with E-state index in [1.54, 1.807) is 6.92 Å². The lowest BCUT2D eigenvalue weighted by atomic mass is 10.2. The Labute approximate surface area is 97.6 Å². The number of nitrogens with zero attached hydrogens (tertiary/aromatic N) is 2. The number of carboxylic acids is 1. The van der Waals surface area contributed by atoms with Gasteiger partial charge in [-0.15, -0.1) is 0 Å². The number of carbonyl (C=O) groups is 1. The van der Waals surface area contributed by atoms with Gasteiger partial charge in [-0.2, -0.15) is 0 Å². The molecule has 0 bridgehead atoms. The second-order valence-corrected chi connectivity index (χ2v) is 3.50. The monoisotopic (exact) mass is 239 g/mol. The van der Waals surface area contributed by atoms with E-state index in [0.29, 0.717) is 12.2 Å². The number of carboxylic acid groups (broad SMARTS) is 1. The zero-order valence-corrected chi connectivity index (χ0v) is 9.51. The third kappa shape index (κ3) is 3.13. The molecule has 0 aromatic carbocycles. The highest BCUT2D eigenvalue weighted by Gasteiger charge is 2.17. The number of anilines is 1. The molecule has 2 N–H and O–H groups in total. The van der Waals surface area contributed by atoms with Crippen molar-refractivity contribution in [1.82, 2.24) is 4.98 Å². The maximum Gasteiger partial charge on any atom is 0.326 e. The molecule has 92 valence electrons. The first-order valence-corrected chi connectivity index (χ1v) is 5.07. The second kappa shape index (κ2) is 5.24. The summed E-state index contributed by atoms with van der Waals surface area (Å²) in [5, 5.41) is 22.1. The number of nitro groups is 1. The summed E-state index contributed by atoms with van der Waals surface area (Å²) in [5.41, 5.74) is 0.166. The van der Waals surface area contributed by atoms with E-state index in [9.17, 15) is 14.9 Å². The molecule has 7 nitrogen and oxygen atoms in total. The van der Waals surface area contributed by atoms with E-state index in [4.69, 9.17) is 5.11 Å². The Morgan fingerprint density at radius 2 is 2.29 bits per heavy atom. The molecule has 1 aromatic heterocycles. The predicted octanol–water partition coefficient (Wildman–Crippen LogP) is 1.57. The van der Waals surface area contributed by atoms with Crippen molar-refractivity contribution in [2.45, 2.75) is 26.3 Å². The van der Waals surface area contributed by atoms with Crippen LogP contribution in [0.1, 0.15) is 19.0 Å². The minimum atomic E-state index is -0.981. The van der Waals surface area contributed by atoms with Gasteiger partial charge in [-0.05, 0) is 19.4 Å². The molecular formula is C10H13N3O4. The minimum absolute atomic E-state index is 0.0843. The van der Waals surface area contributed by atoms with Gasteiger partial charge in [0.2, 0.25) is 0 Å². The van der Waals surface area contributed by atoms with Gasteiger partial charge in [0, 0.05) is 6.07 Å². The molecule has 1 atom stereocenters. The van der Waals surface area contributed by atoms with E-state index >= 15 is 0 Å². The molecule has 0 saturated heterocycles. The lowest BCUT2D eigenvalue weighted by Crippen LogP contribution is -2.28. The zero-order chi connectivity index (χ0) is 13.0. The first-order valence-electron chi connectivity index (χ1n) is 5.07. The van der Waals surface area contributed by atoms with Crippen molar-refractivity contribution >= 4 is 17.5 Å². The number of aromatic nitrogens is 1. The van der Waals surface area contributed by atoms with Crippen molar-refractivity contribution in [1.29, 1.82) is 0 Å². The molecule has 1 unspecified atom stereocenters. The number of rotatable bonds is 5. The molecule has 0 spiro atoms. The van der Waals surface area contributed by atoms with Gasteiger partial charge < -0.3 is 10.4 Å². The van der Waals surface area contributed by atoms with Crippen LogP contribution >= 0.6 is 0 Å². The van der Waals surface area contributed by atoms with Gasteiger partial charge in [0.15, 0.2) is 0 Å². The van der Waals surface area contributed by atoms with Crippen LogP contribution in [0.5, 0.6) is 0 Å². The lowest BCUT2D eigenvalue weighted by Gasteiger charge is -2.12. The molecule has 1 aromatic rings. The topological polar surface area (TPSA) is 105 Å². The summed E-state index contributed by atoms with van der Waals surface area (Å²) in [6.07, 6.45) is 0.396. The number of pyridine rings is 1. The highest BCUT2D eigenvalue weighted by atomic mass is 16.6. The summed E-state index contributed by atoms with van der Waals surface area (Å²) in [6.45, 7) is 3.23. The zero-order valence-electron chi connectivity index (χ0n) is 9.51. The van der Waals surface area contributed by atoms with Gasteiger partial charge in [-0.3, -0.25) is 10.1 Å². The van der Waals surface area contributed by atoms with Crippen molar-refractivity contribution in [2.24, 2.45) is 0 Å². The number of aryl methyl sites for hydroxylation is 1. The van der Waals surface area contributed by atoms with E-state index in [1.807, 2.05) is 0 Å². The number of nitrogens with one attached hydrogen (secondary N) is 1. The Morgan fingerprint density at radius 3 is 2.71 bits per heavy atom. The highest BCUT2D eigenvalue weighted by Crippen LogP contribution is 2.18. The fourth-order valence-corrected chi connectivity index (χ4v) is 1.34. The summed E-state index contributed by atoms with van der Waals surface area (Å²) in [4.78, 5) is 24.8. The summed E-state index contributed by atoms with van der Waals surface area (Å²) in [5.74, 6) is -0.660. The summed E-state index contributed by atoms with van der Waals surface area (Å²) >= 11 is 0. The molecule has 17 heavy (non-hydrogen) atoms. The van der Waals surface area contributed by atoms with Crippen molar-refractivity contribution in [3.63, 3.8) is 0 Å². The van der Waals surface area contributed by atoms with Gasteiger partial charge in [0.25, 0.3) is 5.69 Å². The van der Waals surface area contributed by atoms with Crippen molar-refractivity contribution < 1.29 is 14.8 Å². The fourth-order valence-electron chi connectivity index (χ4n) is 1.34. The molecule has 0 saturated carbocycles. The smallest absolute Gasteiger partial charge is 0.326 e. The molecular weight excluding hydrogens is 226 g/mol. The van der Waals surface area contributed by atoms with Crippen LogP contribution in [0.25, 0.3) is 0 Å². The van der Waals surface area contributed by atoms with Gasteiger partial charge in [0.1, 0.15) is 17.6 Å². The summed E-state index contributed by atoms with van der Waals surface area (Å²) in [7, 11) is 0. The number of hydrogen-bond acceptors (Lipinski definition) is 5. The molecule has 1 rings (SSSR count). The largest absolute Gasteiger partial charge is 0.480 e. The number of aliphatic carboxylic acids is 1. The van der Waals surface area contributed by atoms with Gasteiger partial charge in [-0.1, -0.05) is 6.92 Å². The Morgan fingerprint density at radius 1 is 1.65 bits per heavy atom. The van der Waals surface area contributed by atoms with Crippen LogP contribution in [0, 0.1) is 17.0 Å². The third-order valence-electron chi connectivity index (χ3n) is 2.28. The van der Waals surface area contributed by atoms with Gasteiger partial charge >= 0.3 is 5.97 Å². The van der Waals surface area contributed by atoms with Crippen molar-refractivity contribution in [3.05, 3.63) is 27.9 Å². The molecule has 0 aliphatic rings. The van der Waals surface area contributed by atoms with Crippen LogP contribution in [-0.2, 0) is 4.79 Å². The minimum Gasteiger partial charge on any atom is -0.480 e. The normalized spacial score (nSPS) is 11.9. The van der Waals surface area contributed by atoms with Gasteiger partial charge in [-0.25, -0.2) is 9.78 Å². The molecule has 0 aliphatic heterocycles. The Kier molecular flexibility index (Phi) is 3.97. The Hall–Kier alpha value is -2.18. The van der Waals surface area contributed by atoms with Crippen LogP contribution in [-0.4, -0.2) is 27.0 Å². The fraction of sp³-hybridized carbons (Fsp3) is 0.400. The second-order valence-electron chi connectivity index (χ2n) is 3.50. The lowest BCUT2D eigenvalue weighted by molar-refractivity contribution is -0.385. The van der Waals surface area contributed by atoms with Gasteiger partial charge in [0.05, 0.1) is 4.92 Å². The van der Waals surface area contributed by atoms with Crippen LogP contribution in [0.2, 0.25) is 0 Å². The highest BCUT2D eigenvalue weighted by molar-refractivity contribution is 5.76. The van der Waals surface area contributed by atoms with Crippen LogP contribution in [0.4, 0.5) is 11.5 Å². The molecule has 1 heterocycles. The first-order chi connectivity index (χ1) is 7.95. The average Bonchev–Trinajstić information content (AvgIpc) is 2.24. The molecule has 0 amide bonds. The van der Waals surface area contributed by atoms with Crippen LogP contribution < -0.4 is 5.32 Å². The summed E-state index contributed by atoms with van der Waals surface area (Å²) in [6, 6.07) is 1.96. The maximum absolute atomic E-state index is 10.8. The van der Waals surface area contributed by atoms with E-state index in [2.05, 4.69) is 10.3 Å². The third-order valence-corrected chi connectivity index (χ3v) is 2.28.